The third-order valence-electron chi connectivity index (χ3n) is 1.59. The molecule has 0 aliphatic carbocycles. The van der Waals surface area contributed by atoms with Crippen LogP contribution in [0, 0.1) is 10.1 Å². The second-order valence-corrected chi connectivity index (χ2v) is 2.87. The van der Waals surface area contributed by atoms with Crippen LogP contribution in [-0.4, -0.2) is 10.8 Å². The summed E-state index contributed by atoms with van der Waals surface area (Å²) in [6, 6.07) is 6.52. The van der Waals surface area contributed by atoms with E-state index in [0.717, 1.165) is 0 Å². The molecule has 1 rings (SSSR count). The van der Waals surface area contributed by atoms with E-state index in [-0.39, 0.29) is 12.5 Å². The van der Waals surface area contributed by atoms with Gasteiger partial charge in [0, 0.05) is 23.1 Å². The van der Waals surface area contributed by atoms with Crippen molar-refractivity contribution in [3.05, 3.63) is 39.9 Å². The average Bonchev–Trinajstić information content (AvgIpc) is 2.06. The van der Waals surface area contributed by atoms with E-state index in [4.69, 9.17) is 0 Å². The molecule has 0 atom stereocenters. The monoisotopic (exact) mass is 194 g/mol. The van der Waals surface area contributed by atoms with Gasteiger partial charge in [0.1, 0.15) is 0 Å². The third-order valence-corrected chi connectivity index (χ3v) is 1.59. The van der Waals surface area contributed by atoms with E-state index in [9.17, 15) is 14.9 Å². The van der Waals surface area contributed by atoms with Gasteiger partial charge in [0.25, 0.3) is 0 Å². The molecule has 5 nitrogen and oxygen atoms in total. The first-order valence-corrected chi connectivity index (χ1v) is 4.06. The molecule has 14 heavy (non-hydrogen) atoms. The van der Waals surface area contributed by atoms with Gasteiger partial charge >= 0.3 is 0 Å². The molecular formula is C9H10N2O3. The first-order chi connectivity index (χ1) is 6.58. The normalized spacial score (nSPS) is 9.50. The third kappa shape index (κ3) is 3.22. The minimum atomic E-state index is -0.395. The summed E-state index contributed by atoms with van der Waals surface area (Å²) in [5.41, 5.74) is 1.26. The SMILES string of the molecule is CC(=O)Nc1ccc(C[N+](=O)[O-])cc1. The van der Waals surface area contributed by atoms with Gasteiger partial charge in [0.05, 0.1) is 0 Å². The van der Waals surface area contributed by atoms with Gasteiger partial charge in [-0.1, -0.05) is 12.1 Å². The summed E-state index contributed by atoms with van der Waals surface area (Å²) in [6.45, 7) is 1.21. The molecule has 0 aromatic heterocycles. The Labute approximate surface area is 80.9 Å². The number of nitro groups is 1. The van der Waals surface area contributed by atoms with Crippen molar-refractivity contribution in [2.45, 2.75) is 13.5 Å². The number of anilines is 1. The molecule has 0 saturated carbocycles. The van der Waals surface area contributed by atoms with Crippen LogP contribution in [0.4, 0.5) is 5.69 Å². The Kier molecular flexibility index (Phi) is 3.17. The summed E-state index contributed by atoms with van der Waals surface area (Å²) < 4.78 is 0. The molecule has 0 aliphatic heterocycles. The summed E-state index contributed by atoms with van der Waals surface area (Å²) in [5, 5.41) is 12.7. The van der Waals surface area contributed by atoms with E-state index >= 15 is 0 Å². The summed E-state index contributed by atoms with van der Waals surface area (Å²) in [6.07, 6.45) is 0. The molecular weight excluding hydrogens is 184 g/mol. The Morgan fingerprint density at radius 3 is 2.43 bits per heavy atom. The van der Waals surface area contributed by atoms with Gasteiger partial charge < -0.3 is 5.32 Å². The van der Waals surface area contributed by atoms with Crippen molar-refractivity contribution >= 4 is 11.6 Å². The number of benzene rings is 1. The highest BCUT2D eigenvalue weighted by molar-refractivity contribution is 5.88. The Morgan fingerprint density at radius 1 is 1.43 bits per heavy atom. The van der Waals surface area contributed by atoms with Crippen LogP contribution in [-0.2, 0) is 11.3 Å². The van der Waals surface area contributed by atoms with Crippen LogP contribution in [0.2, 0.25) is 0 Å². The fraction of sp³-hybridized carbons (Fsp3) is 0.222. The van der Waals surface area contributed by atoms with Crippen LogP contribution in [0.3, 0.4) is 0 Å². The Hall–Kier alpha value is -1.91. The van der Waals surface area contributed by atoms with E-state index in [1.807, 2.05) is 0 Å². The van der Waals surface area contributed by atoms with Gasteiger partial charge in [-0.3, -0.25) is 14.9 Å². The predicted molar refractivity (Wildman–Crippen MR) is 51.4 cm³/mol. The summed E-state index contributed by atoms with van der Waals surface area (Å²) in [5.74, 6) is -0.160. The van der Waals surface area contributed by atoms with Crippen LogP contribution in [0.1, 0.15) is 12.5 Å². The first kappa shape index (κ1) is 10.2. The van der Waals surface area contributed by atoms with Gasteiger partial charge in [-0.2, -0.15) is 0 Å². The molecule has 0 unspecified atom stereocenters. The highest BCUT2D eigenvalue weighted by Crippen LogP contribution is 2.09. The van der Waals surface area contributed by atoms with E-state index < -0.39 is 4.92 Å². The van der Waals surface area contributed by atoms with Crippen molar-refractivity contribution in [2.75, 3.05) is 5.32 Å². The van der Waals surface area contributed by atoms with E-state index in [0.29, 0.717) is 11.3 Å². The topological polar surface area (TPSA) is 72.2 Å². The van der Waals surface area contributed by atoms with Crippen LogP contribution < -0.4 is 5.32 Å². The molecule has 5 heteroatoms. The molecule has 74 valence electrons. The number of hydrogen-bond acceptors (Lipinski definition) is 3. The number of nitrogens with zero attached hydrogens (tertiary/aromatic N) is 1. The standard InChI is InChI=1S/C9H10N2O3/c1-7(12)10-9-4-2-8(3-5-9)6-11(13)14/h2-5H,6H2,1H3,(H,10,12). The van der Waals surface area contributed by atoms with Crippen molar-refractivity contribution in [3.8, 4) is 0 Å². The Morgan fingerprint density at radius 2 is 2.00 bits per heavy atom. The lowest BCUT2D eigenvalue weighted by Gasteiger charge is -2.01. The molecule has 1 aromatic carbocycles. The maximum Gasteiger partial charge on any atom is 0.228 e. The molecule has 0 aliphatic rings. The summed E-state index contributed by atoms with van der Waals surface area (Å²) in [7, 11) is 0. The van der Waals surface area contributed by atoms with Crippen LogP contribution in [0.25, 0.3) is 0 Å². The molecule has 0 spiro atoms. The van der Waals surface area contributed by atoms with Crippen molar-refractivity contribution in [2.24, 2.45) is 0 Å². The number of carbonyl (C=O) groups excluding carboxylic acids is 1. The minimum absolute atomic E-state index is 0.160. The second kappa shape index (κ2) is 4.36. The molecule has 0 bridgehead atoms. The highest BCUT2D eigenvalue weighted by atomic mass is 16.6. The largest absolute Gasteiger partial charge is 0.326 e. The van der Waals surface area contributed by atoms with E-state index in [1.165, 1.54) is 6.92 Å². The minimum Gasteiger partial charge on any atom is -0.326 e. The van der Waals surface area contributed by atoms with Gasteiger partial charge in [-0.05, 0) is 12.1 Å². The number of rotatable bonds is 3. The fourth-order valence-electron chi connectivity index (χ4n) is 1.05. The predicted octanol–water partition coefficient (Wildman–Crippen LogP) is 1.42. The van der Waals surface area contributed by atoms with Crippen molar-refractivity contribution in [1.29, 1.82) is 0 Å². The summed E-state index contributed by atoms with van der Waals surface area (Å²) in [4.78, 5) is 20.4. The van der Waals surface area contributed by atoms with Crippen molar-refractivity contribution < 1.29 is 9.72 Å². The van der Waals surface area contributed by atoms with Crippen LogP contribution in [0.15, 0.2) is 24.3 Å². The van der Waals surface area contributed by atoms with Crippen LogP contribution >= 0.6 is 0 Å². The van der Waals surface area contributed by atoms with Crippen molar-refractivity contribution in [1.82, 2.24) is 0 Å². The summed E-state index contributed by atoms with van der Waals surface area (Å²) >= 11 is 0. The first-order valence-electron chi connectivity index (χ1n) is 4.06. The Balaban J connectivity index is 2.68. The molecule has 1 N–H and O–H groups in total. The highest BCUT2D eigenvalue weighted by Gasteiger charge is 2.01. The molecule has 1 amide bonds. The molecule has 0 radical (unpaired) electrons. The zero-order chi connectivity index (χ0) is 10.6. The number of carbonyl (C=O) groups is 1. The maximum atomic E-state index is 10.7. The van der Waals surface area contributed by atoms with Crippen molar-refractivity contribution in [3.63, 3.8) is 0 Å². The Bertz CT molecular complexity index is 311. The lowest BCUT2D eigenvalue weighted by atomic mass is 10.2. The second-order valence-electron chi connectivity index (χ2n) is 2.87. The zero-order valence-corrected chi connectivity index (χ0v) is 7.69. The quantitative estimate of drug-likeness (QED) is 0.584. The number of hydrogen-bond donors (Lipinski definition) is 1. The molecule has 0 fully saturated rings. The van der Waals surface area contributed by atoms with Crippen LogP contribution in [0.5, 0.6) is 0 Å². The number of nitrogens with one attached hydrogen (secondary N) is 1. The lowest BCUT2D eigenvalue weighted by molar-refractivity contribution is -0.496. The fourth-order valence-corrected chi connectivity index (χ4v) is 1.05. The molecule has 1 aromatic rings. The van der Waals surface area contributed by atoms with E-state index in [2.05, 4.69) is 5.32 Å². The number of amides is 1. The van der Waals surface area contributed by atoms with Gasteiger partial charge in [0.15, 0.2) is 0 Å². The molecule has 0 heterocycles. The zero-order valence-electron chi connectivity index (χ0n) is 7.69. The van der Waals surface area contributed by atoms with Gasteiger partial charge in [0.2, 0.25) is 12.5 Å². The average molecular weight is 194 g/mol. The van der Waals surface area contributed by atoms with Gasteiger partial charge in [-0.15, -0.1) is 0 Å². The lowest BCUT2D eigenvalue weighted by Crippen LogP contribution is -2.05. The van der Waals surface area contributed by atoms with E-state index in [1.54, 1.807) is 24.3 Å². The maximum absolute atomic E-state index is 10.7. The molecule has 0 saturated heterocycles. The smallest absolute Gasteiger partial charge is 0.228 e. The van der Waals surface area contributed by atoms with Gasteiger partial charge in [-0.25, -0.2) is 0 Å².